The van der Waals surface area contributed by atoms with Crippen LogP contribution in [0.5, 0.6) is 0 Å². The molecule has 0 aromatic heterocycles. The number of hydrogen-bond donors (Lipinski definition) is 6. The van der Waals surface area contributed by atoms with Crippen molar-refractivity contribution < 1.29 is 49.3 Å². The first-order valence-electron chi connectivity index (χ1n) is 41.1. The van der Waals surface area contributed by atoms with E-state index in [1.807, 2.05) is 6.08 Å². The lowest BCUT2D eigenvalue weighted by molar-refractivity contribution is -0.302. The average molecular weight is 1320 g/mol. The number of aliphatic hydroxyl groups excluding tert-OH is 5. The molecule has 1 rings (SSSR count). The van der Waals surface area contributed by atoms with Crippen LogP contribution < -0.4 is 5.32 Å². The van der Waals surface area contributed by atoms with E-state index < -0.39 is 49.5 Å². The van der Waals surface area contributed by atoms with Crippen LogP contribution >= 0.6 is 0 Å². The minimum Gasteiger partial charge on any atom is -0.466 e. The summed E-state index contributed by atoms with van der Waals surface area (Å²) in [5, 5.41) is 54.6. The van der Waals surface area contributed by atoms with E-state index >= 15 is 0 Å². The molecule has 550 valence electrons. The van der Waals surface area contributed by atoms with Gasteiger partial charge in [0.1, 0.15) is 24.4 Å². The first kappa shape index (κ1) is 89.2. The number of unbranched alkanes of at least 4 members (excludes halogenated alkanes) is 58. The second-order valence-corrected chi connectivity index (χ2v) is 28.8. The molecule has 1 fully saturated rings. The molecule has 0 aromatic rings. The Labute approximate surface area is 575 Å². The smallest absolute Gasteiger partial charge is 0.305 e. The van der Waals surface area contributed by atoms with Gasteiger partial charge in [0.25, 0.3) is 0 Å². The zero-order valence-corrected chi connectivity index (χ0v) is 61.5. The third kappa shape index (κ3) is 59.9. The van der Waals surface area contributed by atoms with Crippen LogP contribution in [0, 0.1) is 0 Å². The van der Waals surface area contributed by atoms with Crippen LogP contribution in [0.3, 0.4) is 0 Å². The van der Waals surface area contributed by atoms with Gasteiger partial charge >= 0.3 is 5.97 Å². The van der Waals surface area contributed by atoms with E-state index in [-0.39, 0.29) is 18.5 Å². The number of carbonyl (C=O) groups excluding carboxylic acids is 2. The fourth-order valence-electron chi connectivity index (χ4n) is 13.4. The quantitative estimate of drug-likeness (QED) is 0.0195. The zero-order valence-electron chi connectivity index (χ0n) is 61.5. The number of rotatable bonds is 74. The second-order valence-electron chi connectivity index (χ2n) is 28.8. The molecule has 0 spiro atoms. The minimum absolute atomic E-state index is 0.00896. The maximum Gasteiger partial charge on any atom is 0.305 e. The molecule has 6 N–H and O–H groups in total. The molecule has 0 saturated carbocycles. The fraction of sp³-hybridized carbons (Fsp3) is 0.927. The first-order valence-corrected chi connectivity index (χ1v) is 41.1. The van der Waals surface area contributed by atoms with Crippen molar-refractivity contribution in [1.29, 1.82) is 0 Å². The van der Waals surface area contributed by atoms with Gasteiger partial charge in [-0.1, -0.05) is 378 Å². The van der Waals surface area contributed by atoms with Gasteiger partial charge in [0, 0.05) is 12.8 Å². The highest BCUT2D eigenvalue weighted by molar-refractivity contribution is 5.76. The molecule has 1 aliphatic heterocycles. The lowest BCUT2D eigenvalue weighted by Gasteiger charge is -2.40. The molecule has 7 unspecified atom stereocenters. The Bertz CT molecular complexity index is 1590. The monoisotopic (exact) mass is 1320 g/mol. The number of carbonyl (C=O) groups is 2. The molecule has 1 saturated heterocycles. The standard InChI is InChI=1S/C82H157NO10/c1-3-5-7-9-11-13-15-17-45-48-52-56-60-64-68-75(85)74(73-92-82-81(90)80(89)79(88)76(72-84)93-82)83-77(86)69-65-61-57-53-49-46-43-41-39-37-35-33-31-29-27-25-23-21-19-18-20-22-24-26-28-30-32-34-36-38-40-42-44-47-51-55-59-63-67-71-91-78(87)70-66-62-58-54-50-16-14-12-10-8-6-4-2/h12,14,64,68,74-76,79-82,84-85,88-90H,3-11,13,15-63,65-67,69-73H2,1-2H3,(H,83,86)/b14-12-,68-64+. The predicted octanol–water partition coefficient (Wildman–Crippen LogP) is 22.3. The SMILES string of the molecule is CCCCC/C=C\CCCCCCCC(=O)OCCCCCCCCCCCCCCCCCCCCCCCCCCCCCCCCCCCCCCCCCC(=O)NC(COC1OC(CO)C(O)C(O)C1O)C(O)/C=C/CCCCCCCCCCCCCC. The molecular formula is C82H157NO10. The Hall–Kier alpha value is -1.86. The Morgan fingerprint density at radius 1 is 0.387 bits per heavy atom. The van der Waals surface area contributed by atoms with Crippen molar-refractivity contribution in [1.82, 2.24) is 5.32 Å². The van der Waals surface area contributed by atoms with E-state index in [9.17, 15) is 35.1 Å². The van der Waals surface area contributed by atoms with Crippen molar-refractivity contribution in [3.8, 4) is 0 Å². The number of hydrogen-bond acceptors (Lipinski definition) is 10. The highest BCUT2D eigenvalue weighted by Crippen LogP contribution is 2.24. The zero-order chi connectivity index (χ0) is 67.2. The van der Waals surface area contributed by atoms with E-state index in [1.54, 1.807) is 6.08 Å². The summed E-state index contributed by atoms with van der Waals surface area (Å²) in [6, 6.07) is -0.805. The molecular weight excluding hydrogens is 1160 g/mol. The van der Waals surface area contributed by atoms with Crippen molar-refractivity contribution in [3.63, 3.8) is 0 Å². The maximum atomic E-state index is 13.1. The summed E-state index contributed by atoms with van der Waals surface area (Å²) >= 11 is 0. The molecule has 1 amide bonds. The predicted molar refractivity (Wildman–Crippen MR) is 394 cm³/mol. The van der Waals surface area contributed by atoms with Crippen LogP contribution in [0.1, 0.15) is 425 Å². The topological polar surface area (TPSA) is 175 Å². The Morgan fingerprint density at radius 2 is 0.688 bits per heavy atom. The molecule has 0 radical (unpaired) electrons. The summed E-state index contributed by atoms with van der Waals surface area (Å²) in [4.78, 5) is 25.1. The van der Waals surface area contributed by atoms with Crippen LogP contribution in [0.15, 0.2) is 24.3 Å². The number of amides is 1. The van der Waals surface area contributed by atoms with Crippen molar-refractivity contribution in [3.05, 3.63) is 24.3 Å². The number of nitrogens with one attached hydrogen (secondary N) is 1. The lowest BCUT2D eigenvalue weighted by Crippen LogP contribution is -2.60. The van der Waals surface area contributed by atoms with Gasteiger partial charge < -0.3 is 45.1 Å². The van der Waals surface area contributed by atoms with E-state index in [1.165, 1.54) is 340 Å². The summed E-state index contributed by atoms with van der Waals surface area (Å²) in [7, 11) is 0. The summed E-state index contributed by atoms with van der Waals surface area (Å²) < 4.78 is 16.8. The van der Waals surface area contributed by atoms with Crippen molar-refractivity contribution in [2.45, 2.75) is 468 Å². The highest BCUT2D eigenvalue weighted by Gasteiger charge is 2.44. The normalized spacial score (nSPS) is 17.5. The first-order chi connectivity index (χ1) is 45.7. The molecule has 0 bridgehead atoms. The average Bonchev–Trinajstić information content (AvgIpc) is 0.955. The van der Waals surface area contributed by atoms with Gasteiger partial charge in [0.2, 0.25) is 5.91 Å². The molecule has 7 atom stereocenters. The molecule has 93 heavy (non-hydrogen) atoms. The minimum atomic E-state index is -1.57. The molecule has 0 aromatic carbocycles. The van der Waals surface area contributed by atoms with Gasteiger partial charge in [-0.25, -0.2) is 0 Å². The van der Waals surface area contributed by atoms with Crippen molar-refractivity contribution >= 4 is 11.9 Å². The summed E-state index contributed by atoms with van der Waals surface area (Å²) in [6.45, 7) is 4.38. The van der Waals surface area contributed by atoms with E-state index in [2.05, 4.69) is 31.3 Å². The Kier molecular flexibility index (Phi) is 68.5. The van der Waals surface area contributed by atoms with Gasteiger partial charge in [0.05, 0.1) is 32.0 Å². The summed E-state index contributed by atoms with van der Waals surface area (Å²) in [6.07, 6.45) is 82.2. The number of allylic oxidation sites excluding steroid dienone is 3. The Balaban J connectivity index is 1.88. The van der Waals surface area contributed by atoms with Gasteiger partial charge in [-0.05, 0) is 57.8 Å². The van der Waals surface area contributed by atoms with Crippen LogP contribution in [-0.4, -0.2) is 100 Å². The van der Waals surface area contributed by atoms with Gasteiger partial charge in [-0.3, -0.25) is 9.59 Å². The molecule has 1 aliphatic rings. The largest absolute Gasteiger partial charge is 0.466 e. The van der Waals surface area contributed by atoms with E-state index in [0.29, 0.717) is 19.4 Å². The molecule has 1 heterocycles. The van der Waals surface area contributed by atoms with Gasteiger partial charge in [0.15, 0.2) is 6.29 Å². The van der Waals surface area contributed by atoms with Crippen LogP contribution in [-0.2, 0) is 23.8 Å². The van der Waals surface area contributed by atoms with Crippen LogP contribution in [0.4, 0.5) is 0 Å². The molecule has 11 nitrogen and oxygen atoms in total. The van der Waals surface area contributed by atoms with E-state index in [4.69, 9.17) is 14.2 Å². The number of aliphatic hydroxyl groups is 5. The lowest BCUT2D eigenvalue weighted by atomic mass is 9.99. The Morgan fingerprint density at radius 3 is 1.05 bits per heavy atom. The van der Waals surface area contributed by atoms with Crippen LogP contribution in [0.2, 0.25) is 0 Å². The third-order valence-electron chi connectivity index (χ3n) is 19.8. The number of esters is 1. The van der Waals surface area contributed by atoms with Crippen molar-refractivity contribution in [2.75, 3.05) is 19.8 Å². The molecule has 0 aliphatic carbocycles. The maximum absolute atomic E-state index is 13.1. The molecule has 11 heteroatoms. The van der Waals surface area contributed by atoms with E-state index in [0.717, 1.165) is 57.8 Å². The van der Waals surface area contributed by atoms with Gasteiger partial charge in [-0.2, -0.15) is 0 Å². The van der Waals surface area contributed by atoms with Crippen molar-refractivity contribution in [2.24, 2.45) is 0 Å². The summed E-state index contributed by atoms with van der Waals surface area (Å²) in [5.41, 5.74) is 0. The summed E-state index contributed by atoms with van der Waals surface area (Å²) in [5.74, 6) is -0.163. The number of ether oxygens (including phenoxy) is 3. The third-order valence-corrected chi connectivity index (χ3v) is 19.8. The van der Waals surface area contributed by atoms with Crippen LogP contribution in [0.25, 0.3) is 0 Å². The highest BCUT2D eigenvalue weighted by atomic mass is 16.7. The second kappa shape index (κ2) is 71.4. The fourth-order valence-corrected chi connectivity index (χ4v) is 13.4. The van der Waals surface area contributed by atoms with Gasteiger partial charge in [-0.15, -0.1) is 0 Å².